The molecule has 1 heterocycles. The van der Waals surface area contributed by atoms with Crippen LogP contribution in [0.1, 0.15) is 19.4 Å². The Labute approximate surface area is 117 Å². The molecule has 0 bridgehead atoms. The molecule has 2 rings (SSSR count). The molecule has 0 aliphatic carbocycles. The maximum absolute atomic E-state index is 5.62. The molecule has 1 aromatic rings. The van der Waals surface area contributed by atoms with Crippen molar-refractivity contribution in [2.45, 2.75) is 19.4 Å². The first-order chi connectivity index (χ1) is 6.98. The monoisotopic (exact) mass is 427 g/mol. The lowest BCUT2D eigenvalue weighted by Crippen LogP contribution is -2.17. The van der Waals surface area contributed by atoms with E-state index in [2.05, 4.69) is 82.2 Å². The first-order valence-electron chi connectivity index (χ1n) is 4.66. The van der Waals surface area contributed by atoms with Crippen LogP contribution in [0.2, 0.25) is 0 Å². The third kappa shape index (κ3) is 2.64. The topological polar surface area (TPSA) is 21.6 Å². The molecule has 0 aromatic heterocycles. The Bertz CT molecular complexity index is 427. The lowest BCUT2D eigenvalue weighted by molar-refractivity contribution is 0.279. The molecular formula is C11H11I2NO. The summed E-state index contributed by atoms with van der Waals surface area (Å²) in [5.74, 6) is 0.779. The van der Waals surface area contributed by atoms with Crippen LogP contribution in [0.4, 0.5) is 0 Å². The highest BCUT2D eigenvalue weighted by molar-refractivity contribution is 14.1. The zero-order valence-corrected chi connectivity index (χ0v) is 12.9. The van der Waals surface area contributed by atoms with Crippen molar-refractivity contribution < 1.29 is 4.74 Å². The van der Waals surface area contributed by atoms with Crippen LogP contribution < -0.4 is 0 Å². The molecule has 0 N–H and O–H groups in total. The summed E-state index contributed by atoms with van der Waals surface area (Å²) in [4.78, 5) is 4.57. The minimum Gasteiger partial charge on any atom is -0.475 e. The average molecular weight is 427 g/mol. The Morgan fingerprint density at radius 3 is 2.60 bits per heavy atom. The molecule has 1 aliphatic rings. The molecule has 0 saturated carbocycles. The van der Waals surface area contributed by atoms with Gasteiger partial charge in [-0.1, -0.05) is 0 Å². The van der Waals surface area contributed by atoms with Crippen molar-refractivity contribution in [1.29, 1.82) is 0 Å². The van der Waals surface area contributed by atoms with Crippen LogP contribution in [-0.4, -0.2) is 18.0 Å². The smallest absolute Gasteiger partial charge is 0.217 e. The first kappa shape index (κ1) is 11.6. The summed E-state index contributed by atoms with van der Waals surface area (Å²) in [5, 5.41) is 0. The van der Waals surface area contributed by atoms with Crippen LogP contribution in [0.3, 0.4) is 0 Å². The van der Waals surface area contributed by atoms with E-state index in [1.54, 1.807) is 0 Å². The molecule has 0 radical (unpaired) electrons. The fourth-order valence-electron chi connectivity index (χ4n) is 1.39. The average Bonchev–Trinajstić information content (AvgIpc) is 2.46. The van der Waals surface area contributed by atoms with Gasteiger partial charge in [0.15, 0.2) is 0 Å². The van der Waals surface area contributed by atoms with Gasteiger partial charge in [-0.05, 0) is 77.2 Å². The Balaban J connectivity index is 2.39. The second-order valence-corrected chi connectivity index (χ2v) is 6.55. The molecule has 1 aromatic carbocycles. The Morgan fingerprint density at radius 1 is 1.33 bits per heavy atom. The molecule has 0 amide bonds. The zero-order valence-electron chi connectivity index (χ0n) is 8.55. The molecule has 0 fully saturated rings. The molecule has 4 heteroatoms. The van der Waals surface area contributed by atoms with E-state index in [0.717, 1.165) is 11.5 Å². The summed E-state index contributed by atoms with van der Waals surface area (Å²) in [6.45, 7) is 4.84. The number of ether oxygens (including phenoxy) is 1. The normalized spacial score (nSPS) is 18.5. The van der Waals surface area contributed by atoms with Gasteiger partial charge in [0.05, 0.1) is 5.54 Å². The summed E-state index contributed by atoms with van der Waals surface area (Å²) >= 11 is 4.63. The van der Waals surface area contributed by atoms with Crippen molar-refractivity contribution in [3.63, 3.8) is 0 Å². The quantitative estimate of drug-likeness (QED) is 0.630. The van der Waals surface area contributed by atoms with Crippen LogP contribution in [0.25, 0.3) is 0 Å². The van der Waals surface area contributed by atoms with Gasteiger partial charge in [-0.15, -0.1) is 0 Å². The summed E-state index contributed by atoms with van der Waals surface area (Å²) in [7, 11) is 0. The van der Waals surface area contributed by atoms with Crippen LogP contribution in [0.5, 0.6) is 0 Å². The van der Waals surface area contributed by atoms with Gasteiger partial charge in [-0.3, -0.25) is 0 Å². The number of rotatable bonds is 1. The predicted octanol–water partition coefficient (Wildman–Crippen LogP) is 3.45. The highest BCUT2D eigenvalue weighted by Gasteiger charge is 2.27. The molecule has 0 spiro atoms. The van der Waals surface area contributed by atoms with Crippen LogP contribution in [0, 0.1) is 7.14 Å². The van der Waals surface area contributed by atoms with Crippen molar-refractivity contribution in [3.8, 4) is 0 Å². The fraction of sp³-hybridized carbons (Fsp3) is 0.364. The summed E-state index contributed by atoms with van der Waals surface area (Å²) < 4.78 is 8.04. The minimum absolute atomic E-state index is 0.0819. The number of benzene rings is 1. The van der Waals surface area contributed by atoms with Crippen LogP contribution in [-0.2, 0) is 4.74 Å². The highest BCUT2D eigenvalue weighted by Crippen LogP contribution is 2.24. The minimum atomic E-state index is -0.0819. The second kappa shape index (κ2) is 4.20. The van der Waals surface area contributed by atoms with Crippen molar-refractivity contribution >= 4 is 51.1 Å². The van der Waals surface area contributed by atoms with E-state index >= 15 is 0 Å². The Hall–Kier alpha value is 0.150. The van der Waals surface area contributed by atoms with E-state index in [-0.39, 0.29) is 5.54 Å². The molecule has 80 valence electrons. The summed E-state index contributed by atoms with van der Waals surface area (Å²) in [6, 6.07) is 6.28. The number of hydrogen-bond acceptors (Lipinski definition) is 2. The predicted molar refractivity (Wildman–Crippen MR) is 78.4 cm³/mol. The zero-order chi connectivity index (χ0) is 11.1. The van der Waals surface area contributed by atoms with Crippen molar-refractivity contribution in [3.05, 3.63) is 30.9 Å². The Kier molecular flexibility index (Phi) is 3.25. The number of nitrogens with zero attached hydrogens (tertiary/aromatic N) is 1. The van der Waals surface area contributed by atoms with E-state index in [1.807, 2.05) is 0 Å². The maximum Gasteiger partial charge on any atom is 0.217 e. The molecule has 0 atom stereocenters. The lowest BCUT2D eigenvalue weighted by atomic mass is 10.1. The number of halogens is 2. The van der Waals surface area contributed by atoms with E-state index in [9.17, 15) is 0 Å². The third-order valence-electron chi connectivity index (χ3n) is 2.13. The van der Waals surface area contributed by atoms with Crippen molar-refractivity contribution in [1.82, 2.24) is 0 Å². The van der Waals surface area contributed by atoms with Crippen LogP contribution in [0.15, 0.2) is 23.2 Å². The fourth-order valence-corrected chi connectivity index (χ4v) is 3.22. The van der Waals surface area contributed by atoms with Gasteiger partial charge in [0, 0.05) is 12.7 Å². The largest absolute Gasteiger partial charge is 0.475 e. The highest BCUT2D eigenvalue weighted by atomic mass is 127. The third-order valence-corrected chi connectivity index (χ3v) is 3.69. The van der Waals surface area contributed by atoms with Gasteiger partial charge in [0.25, 0.3) is 0 Å². The molecule has 2 nitrogen and oxygen atoms in total. The maximum atomic E-state index is 5.62. The SMILES string of the molecule is CC1(C)COC(c2ccc(I)cc2I)=N1. The molecule has 15 heavy (non-hydrogen) atoms. The van der Waals surface area contributed by atoms with Gasteiger partial charge >= 0.3 is 0 Å². The number of hydrogen-bond donors (Lipinski definition) is 0. The van der Waals surface area contributed by atoms with E-state index in [1.165, 1.54) is 7.14 Å². The van der Waals surface area contributed by atoms with E-state index in [0.29, 0.717) is 6.61 Å². The van der Waals surface area contributed by atoms with Gasteiger partial charge in [0.2, 0.25) is 5.90 Å². The molecule has 0 unspecified atom stereocenters. The molecule has 1 aliphatic heterocycles. The summed E-state index contributed by atoms with van der Waals surface area (Å²) in [5.41, 5.74) is 1.02. The first-order valence-corrected chi connectivity index (χ1v) is 6.82. The standard InChI is InChI=1S/C11H11I2NO/c1-11(2)6-15-10(14-11)8-4-3-7(12)5-9(8)13/h3-5H,6H2,1-2H3. The van der Waals surface area contributed by atoms with Gasteiger partial charge in [-0.2, -0.15) is 0 Å². The second-order valence-electron chi connectivity index (χ2n) is 4.14. The van der Waals surface area contributed by atoms with Crippen molar-refractivity contribution in [2.24, 2.45) is 4.99 Å². The Morgan fingerprint density at radius 2 is 2.07 bits per heavy atom. The van der Waals surface area contributed by atoms with Crippen LogP contribution >= 0.6 is 45.2 Å². The van der Waals surface area contributed by atoms with Gasteiger partial charge in [0.1, 0.15) is 6.61 Å². The molecular weight excluding hydrogens is 416 g/mol. The molecule has 0 saturated heterocycles. The summed E-state index contributed by atoms with van der Waals surface area (Å²) in [6.07, 6.45) is 0. The van der Waals surface area contributed by atoms with Crippen molar-refractivity contribution in [2.75, 3.05) is 6.61 Å². The number of aliphatic imine (C=N–C) groups is 1. The van der Waals surface area contributed by atoms with E-state index < -0.39 is 0 Å². The lowest BCUT2D eigenvalue weighted by Gasteiger charge is -2.07. The van der Waals surface area contributed by atoms with Gasteiger partial charge < -0.3 is 4.74 Å². The van der Waals surface area contributed by atoms with Gasteiger partial charge in [-0.25, -0.2) is 4.99 Å². The van der Waals surface area contributed by atoms with E-state index in [4.69, 9.17) is 4.74 Å².